The SMILES string of the molecule is C[Si](C)(c1ccccc1)C1CCC(=O)C1. The van der Waals surface area contributed by atoms with Crippen LogP contribution in [0.15, 0.2) is 30.3 Å². The van der Waals surface area contributed by atoms with Gasteiger partial charge in [0, 0.05) is 12.8 Å². The highest BCUT2D eigenvalue weighted by molar-refractivity contribution is 6.91. The van der Waals surface area contributed by atoms with Crippen molar-refractivity contribution in [2.24, 2.45) is 0 Å². The summed E-state index contributed by atoms with van der Waals surface area (Å²) < 4.78 is 0. The molecule has 80 valence electrons. The third-order valence-corrected chi connectivity index (χ3v) is 8.14. The van der Waals surface area contributed by atoms with Gasteiger partial charge in [-0.25, -0.2) is 0 Å². The number of ketones is 1. The number of carbonyl (C=O) groups excluding carboxylic acids is 1. The Balaban J connectivity index is 2.23. The Morgan fingerprint density at radius 1 is 1.20 bits per heavy atom. The Hall–Kier alpha value is -0.893. The van der Waals surface area contributed by atoms with E-state index in [1.807, 2.05) is 0 Å². The molecule has 1 atom stereocenters. The van der Waals surface area contributed by atoms with E-state index < -0.39 is 8.07 Å². The van der Waals surface area contributed by atoms with Crippen molar-refractivity contribution >= 4 is 19.0 Å². The molecule has 0 radical (unpaired) electrons. The van der Waals surface area contributed by atoms with Crippen LogP contribution in [0.3, 0.4) is 0 Å². The van der Waals surface area contributed by atoms with Crippen LogP contribution in [0.2, 0.25) is 18.6 Å². The fraction of sp³-hybridized carbons (Fsp3) is 0.462. The zero-order valence-electron chi connectivity index (χ0n) is 9.49. The molecule has 0 spiro atoms. The van der Waals surface area contributed by atoms with Gasteiger partial charge >= 0.3 is 0 Å². The van der Waals surface area contributed by atoms with Crippen LogP contribution >= 0.6 is 0 Å². The maximum absolute atomic E-state index is 11.4. The summed E-state index contributed by atoms with van der Waals surface area (Å²) in [6, 6.07) is 10.7. The van der Waals surface area contributed by atoms with E-state index in [0.717, 1.165) is 19.3 Å². The van der Waals surface area contributed by atoms with Crippen molar-refractivity contribution in [1.29, 1.82) is 0 Å². The van der Waals surface area contributed by atoms with Gasteiger partial charge in [-0.2, -0.15) is 0 Å². The number of benzene rings is 1. The molecule has 0 saturated heterocycles. The van der Waals surface area contributed by atoms with E-state index in [2.05, 4.69) is 43.4 Å². The van der Waals surface area contributed by atoms with Gasteiger partial charge in [-0.1, -0.05) is 48.6 Å². The maximum atomic E-state index is 11.4. The van der Waals surface area contributed by atoms with Gasteiger partial charge in [0.1, 0.15) is 5.78 Å². The number of rotatable bonds is 2. The summed E-state index contributed by atoms with van der Waals surface area (Å²) in [5.41, 5.74) is 0.660. The van der Waals surface area contributed by atoms with E-state index in [0.29, 0.717) is 11.3 Å². The summed E-state index contributed by atoms with van der Waals surface area (Å²) in [7, 11) is -1.41. The van der Waals surface area contributed by atoms with Crippen LogP contribution in [0.1, 0.15) is 19.3 Å². The van der Waals surface area contributed by atoms with Crippen LogP contribution in [-0.4, -0.2) is 13.9 Å². The maximum Gasteiger partial charge on any atom is 0.132 e. The van der Waals surface area contributed by atoms with Crippen molar-refractivity contribution in [2.75, 3.05) is 0 Å². The van der Waals surface area contributed by atoms with Crippen molar-refractivity contribution in [3.05, 3.63) is 30.3 Å². The van der Waals surface area contributed by atoms with E-state index in [-0.39, 0.29) is 0 Å². The van der Waals surface area contributed by atoms with Gasteiger partial charge in [-0.05, 0) is 12.0 Å². The Labute approximate surface area is 92.5 Å². The van der Waals surface area contributed by atoms with Gasteiger partial charge in [0.2, 0.25) is 0 Å². The van der Waals surface area contributed by atoms with Crippen molar-refractivity contribution < 1.29 is 4.79 Å². The molecular weight excluding hydrogens is 200 g/mol. The van der Waals surface area contributed by atoms with Crippen molar-refractivity contribution in [1.82, 2.24) is 0 Å². The van der Waals surface area contributed by atoms with Crippen LogP contribution < -0.4 is 5.19 Å². The highest BCUT2D eigenvalue weighted by atomic mass is 28.3. The minimum Gasteiger partial charge on any atom is -0.300 e. The molecule has 0 amide bonds. The lowest BCUT2D eigenvalue weighted by atomic mass is 10.3. The Kier molecular flexibility index (Phi) is 2.78. The summed E-state index contributed by atoms with van der Waals surface area (Å²) in [6.07, 6.45) is 2.76. The molecule has 0 aromatic heterocycles. The second kappa shape index (κ2) is 3.93. The summed E-state index contributed by atoms with van der Waals surface area (Å²) in [6.45, 7) is 4.79. The van der Waals surface area contributed by atoms with E-state index >= 15 is 0 Å². The molecule has 1 aliphatic rings. The third kappa shape index (κ3) is 2.05. The average molecular weight is 218 g/mol. The second-order valence-electron chi connectivity index (χ2n) is 5.07. The second-order valence-corrected chi connectivity index (χ2v) is 9.90. The van der Waals surface area contributed by atoms with Crippen LogP contribution in [-0.2, 0) is 4.79 Å². The molecule has 0 heterocycles. The van der Waals surface area contributed by atoms with Gasteiger partial charge in [0.25, 0.3) is 0 Å². The lowest BCUT2D eigenvalue weighted by Gasteiger charge is -2.29. The first-order valence-electron chi connectivity index (χ1n) is 5.68. The first-order valence-corrected chi connectivity index (χ1v) is 8.75. The number of hydrogen-bond acceptors (Lipinski definition) is 1. The molecule has 1 fully saturated rings. The standard InChI is InChI=1S/C13H18OSi/c1-15(2,12-6-4-3-5-7-12)13-9-8-11(14)10-13/h3-7,13H,8-10H2,1-2H3. The van der Waals surface area contributed by atoms with Crippen LogP contribution in [0, 0.1) is 0 Å². The van der Waals surface area contributed by atoms with E-state index in [4.69, 9.17) is 0 Å². The van der Waals surface area contributed by atoms with Crippen LogP contribution in [0.5, 0.6) is 0 Å². The monoisotopic (exact) mass is 218 g/mol. The van der Waals surface area contributed by atoms with Gasteiger partial charge in [0.05, 0.1) is 8.07 Å². The third-order valence-electron chi connectivity index (χ3n) is 3.78. The minimum atomic E-state index is -1.41. The highest BCUT2D eigenvalue weighted by Crippen LogP contribution is 2.36. The zero-order chi connectivity index (χ0) is 10.9. The first kappa shape index (κ1) is 10.6. The molecule has 0 N–H and O–H groups in total. The molecule has 1 saturated carbocycles. The molecule has 1 aliphatic carbocycles. The number of Topliss-reactive ketones (excluding diaryl/α,β-unsaturated/α-hetero) is 1. The lowest BCUT2D eigenvalue weighted by Crippen LogP contribution is -2.45. The summed E-state index contributed by atoms with van der Waals surface area (Å²) >= 11 is 0. The smallest absolute Gasteiger partial charge is 0.132 e. The molecule has 2 rings (SSSR count). The van der Waals surface area contributed by atoms with Crippen molar-refractivity contribution in [3.8, 4) is 0 Å². The Bertz CT molecular complexity index is 356. The van der Waals surface area contributed by atoms with Crippen molar-refractivity contribution in [3.63, 3.8) is 0 Å². The minimum absolute atomic E-state index is 0.469. The number of carbonyl (C=O) groups is 1. The zero-order valence-corrected chi connectivity index (χ0v) is 10.5. The molecule has 2 heteroatoms. The molecule has 1 nitrogen and oxygen atoms in total. The molecule has 15 heavy (non-hydrogen) atoms. The number of hydrogen-bond donors (Lipinski definition) is 0. The summed E-state index contributed by atoms with van der Waals surface area (Å²) in [5.74, 6) is 0.469. The average Bonchev–Trinajstić information content (AvgIpc) is 2.67. The van der Waals surface area contributed by atoms with E-state index in [1.165, 1.54) is 5.19 Å². The molecule has 0 bridgehead atoms. The van der Waals surface area contributed by atoms with Gasteiger partial charge in [0.15, 0.2) is 0 Å². The predicted molar refractivity (Wildman–Crippen MR) is 66.2 cm³/mol. The summed E-state index contributed by atoms with van der Waals surface area (Å²) in [4.78, 5) is 11.4. The molecule has 1 aromatic rings. The molecule has 1 unspecified atom stereocenters. The summed E-state index contributed by atoms with van der Waals surface area (Å²) in [5, 5.41) is 1.49. The van der Waals surface area contributed by atoms with Crippen LogP contribution in [0.25, 0.3) is 0 Å². The van der Waals surface area contributed by atoms with Crippen molar-refractivity contribution in [2.45, 2.75) is 37.9 Å². The Morgan fingerprint density at radius 2 is 1.87 bits per heavy atom. The normalized spacial score (nSPS) is 22.0. The van der Waals surface area contributed by atoms with Gasteiger partial charge < -0.3 is 0 Å². The highest BCUT2D eigenvalue weighted by Gasteiger charge is 2.37. The molecule has 0 aliphatic heterocycles. The fourth-order valence-electron chi connectivity index (χ4n) is 2.53. The molecular formula is C13H18OSi. The predicted octanol–water partition coefficient (Wildman–Crippen LogP) is 2.73. The van der Waals surface area contributed by atoms with E-state index in [1.54, 1.807) is 0 Å². The quantitative estimate of drug-likeness (QED) is 0.698. The van der Waals surface area contributed by atoms with Crippen LogP contribution in [0.4, 0.5) is 0 Å². The van der Waals surface area contributed by atoms with Gasteiger partial charge in [-0.3, -0.25) is 4.79 Å². The Morgan fingerprint density at radius 3 is 2.40 bits per heavy atom. The first-order chi connectivity index (χ1) is 7.10. The topological polar surface area (TPSA) is 17.1 Å². The fourth-order valence-corrected chi connectivity index (χ4v) is 5.66. The molecule has 1 aromatic carbocycles. The van der Waals surface area contributed by atoms with E-state index in [9.17, 15) is 4.79 Å². The lowest BCUT2D eigenvalue weighted by molar-refractivity contribution is -0.117. The largest absolute Gasteiger partial charge is 0.300 e. The van der Waals surface area contributed by atoms with Gasteiger partial charge in [-0.15, -0.1) is 0 Å².